The summed E-state index contributed by atoms with van der Waals surface area (Å²) < 4.78 is 7.45. The van der Waals surface area contributed by atoms with Crippen molar-refractivity contribution in [3.63, 3.8) is 0 Å². The van der Waals surface area contributed by atoms with Gasteiger partial charge in [0, 0.05) is 29.1 Å². The lowest BCUT2D eigenvalue weighted by Gasteiger charge is -2.07. The number of esters is 1. The first kappa shape index (κ1) is 18.2. The van der Waals surface area contributed by atoms with E-state index < -0.39 is 5.97 Å². The van der Waals surface area contributed by atoms with Gasteiger partial charge in [0.1, 0.15) is 0 Å². The Bertz CT molecular complexity index is 885. The van der Waals surface area contributed by atoms with Gasteiger partial charge in [-0.05, 0) is 63.8 Å². The minimum atomic E-state index is -0.501. The summed E-state index contributed by atoms with van der Waals surface area (Å²) in [4.78, 5) is 24.2. The molecule has 0 amide bonds. The molecule has 2 aromatic rings. The van der Waals surface area contributed by atoms with Gasteiger partial charge in [0.2, 0.25) is 5.78 Å². The molecule has 1 aliphatic carbocycles. The Morgan fingerprint density at radius 2 is 1.88 bits per heavy atom. The van der Waals surface area contributed by atoms with Gasteiger partial charge in [-0.2, -0.15) is 0 Å². The zero-order chi connectivity index (χ0) is 18.8. The number of aromatic nitrogens is 1. The number of benzene rings is 1. The molecule has 1 saturated carbocycles. The van der Waals surface area contributed by atoms with E-state index in [1.807, 2.05) is 26.0 Å². The van der Waals surface area contributed by atoms with Gasteiger partial charge in [0.05, 0.1) is 0 Å². The van der Waals surface area contributed by atoms with Gasteiger partial charge in [-0.3, -0.25) is 4.79 Å². The molecule has 4 heteroatoms. The van der Waals surface area contributed by atoms with Gasteiger partial charge in [0.25, 0.3) is 0 Å². The number of ether oxygens (including phenoxy) is 1. The molecule has 0 N–H and O–H groups in total. The molecule has 0 unspecified atom stereocenters. The van der Waals surface area contributed by atoms with E-state index in [9.17, 15) is 9.59 Å². The maximum atomic E-state index is 12.2. The molecule has 136 valence electrons. The molecule has 3 rings (SSSR count). The molecule has 26 heavy (non-hydrogen) atoms. The Morgan fingerprint density at radius 1 is 1.15 bits per heavy atom. The summed E-state index contributed by atoms with van der Waals surface area (Å²) in [5, 5.41) is 0. The molecule has 0 radical (unpaired) electrons. The summed E-state index contributed by atoms with van der Waals surface area (Å²) in [6.07, 6.45) is 5.61. The normalized spacial score (nSPS) is 14.0. The summed E-state index contributed by atoms with van der Waals surface area (Å²) in [5.74, 6) is -0.685. The number of hydrogen-bond donors (Lipinski definition) is 0. The van der Waals surface area contributed by atoms with Crippen LogP contribution in [0.25, 0.3) is 6.08 Å². The fourth-order valence-corrected chi connectivity index (χ4v) is 3.41. The molecular formula is C22H25NO3. The first-order valence-corrected chi connectivity index (χ1v) is 9.00. The van der Waals surface area contributed by atoms with Gasteiger partial charge < -0.3 is 9.30 Å². The Labute approximate surface area is 154 Å². The highest BCUT2D eigenvalue weighted by Gasteiger charge is 2.26. The number of Topliss-reactive ketones (excluding diaryl/α,β-unsaturated/α-hetero) is 1. The van der Waals surface area contributed by atoms with E-state index in [1.165, 1.54) is 30.3 Å². The highest BCUT2D eigenvalue weighted by molar-refractivity contribution is 6.00. The molecule has 1 heterocycles. The second-order valence-corrected chi connectivity index (χ2v) is 7.11. The quantitative estimate of drug-likeness (QED) is 0.437. The van der Waals surface area contributed by atoms with Crippen LogP contribution in [-0.4, -0.2) is 22.9 Å². The topological polar surface area (TPSA) is 48.3 Å². The van der Waals surface area contributed by atoms with Crippen LogP contribution in [0.2, 0.25) is 0 Å². The van der Waals surface area contributed by atoms with Crippen molar-refractivity contribution in [2.75, 3.05) is 6.61 Å². The monoisotopic (exact) mass is 351 g/mol. The maximum absolute atomic E-state index is 12.2. The summed E-state index contributed by atoms with van der Waals surface area (Å²) in [7, 11) is 0. The third-order valence-corrected chi connectivity index (χ3v) is 4.86. The average Bonchev–Trinajstić information content (AvgIpc) is 3.37. The molecule has 1 aromatic carbocycles. The third kappa shape index (κ3) is 3.96. The van der Waals surface area contributed by atoms with E-state index >= 15 is 0 Å². The van der Waals surface area contributed by atoms with Crippen molar-refractivity contribution in [3.8, 4) is 0 Å². The van der Waals surface area contributed by atoms with Crippen molar-refractivity contribution in [2.45, 2.75) is 46.6 Å². The van der Waals surface area contributed by atoms with Crippen LogP contribution in [0.5, 0.6) is 0 Å². The van der Waals surface area contributed by atoms with Gasteiger partial charge in [-0.25, -0.2) is 4.79 Å². The van der Waals surface area contributed by atoms with Crippen molar-refractivity contribution in [1.29, 1.82) is 0 Å². The first-order chi connectivity index (χ1) is 12.4. The first-order valence-electron chi connectivity index (χ1n) is 9.00. The van der Waals surface area contributed by atoms with Gasteiger partial charge in [-0.15, -0.1) is 0 Å². The van der Waals surface area contributed by atoms with Crippen molar-refractivity contribution in [3.05, 3.63) is 64.0 Å². The predicted molar refractivity (Wildman–Crippen MR) is 102 cm³/mol. The third-order valence-electron chi connectivity index (χ3n) is 4.86. The lowest BCUT2D eigenvalue weighted by atomic mass is 10.0. The van der Waals surface area contributed by atoms with E-state index in [4.69, 9.17) is 4.74 Å². The van der Waals surface area contributed by atoms with Gasteiger partial charge in [0.15, 0.2) is 6.61 Å². The predicted octanol–water partition coefficient (Wildman–Crippen LogP) is 4.50. The van der Waals surface area contributed by atoms with Crippen LogP contribution >= 0.6 is 0 Å². The largest absolute Gasteiger partial charge is 0.454 e. The van der Waals surface area contributed by atoms with Crippen LogP contribution in [0.1, 0.15) is 57.3 Å². The van der Waals surface area contributed by atoms with E-state index in [0.29, 0.717) is 11.6 Å². The number of rotatable bonds is 6. The number of carbonyl (C=O) groups excluding carboxylic acids is 2. The molecule has 0 atom stereocenters. The lowest BCUT2D eigenvalue weighted by Crippen LogP contribution is -2.13. The van der Waals surface area contributed by atoms with Crippen LogP contribution in [0.4, 0.5) is 0 Å². The maximum Gasteiger partial charge on any atom is 0.331 e. The van der Waals surface area contributed by atoms with Crippen LogP contribution in [-0.2, 0) is 9.53 Å². The molecule has 0 saturated heterocycles. The fraction of sp³-hybridized carbons (Fsp3) is 0.364. The lowest BCUT2D eigenvalue weighted by molar-refractivity contribution is -0.136. The fourth-order valence-electron chi connectivity index (χ4n) is 3.41. The number of ketones is 1. The van der Waals surface area contributed by atoms with Crippen molar-refractivity contribution < 1.29 is 14.3 Å². The number of nitrogens with zero attached hydrogens (tertiary/aromatic N) is 1. The zero-order valence-electron chi connectivity index (χ0n) is 15.8. The van der Waals surface area contributed by atoms with Gasteiger partial charge in [-0.1, -0.05) is 23.8 Å². The molecule has 1 fully saturated rings. The summed E-state index contributed by atoms with van der Waals surface area (Å²) >= 11 is 0. The van der Waals surface area contributed by atoms with E-state index in [0.717, 1.165) is 16.7 Å². The van der Waals surface area contributed by atoms with Gasteiger partial charge >= 0.3 is 5.97 Å². The van der Waals surface area contributed by atoms with Crippen LogP contribution in [0.15, 0.2) is 30.3 Å². The molecule has 1 aliphatic rings. The smallest absolute Gasteiger partial charge is 0.331 e. The van der Waals surface area contributed by atoms with E-state index in [1.54, 1.807) is 12.1 Å². The minimum Gasteiger partial charge on any atom is -0.454 e. The number of hydrogen-bond acceptors (Lipinski definition) is 3. The highest BCUT2D eigenvalue weighted by atomic mass is 16.5. The Hall–Kier alpha value is -2.62. The molecule has 0 spiro atoms. The number of carbonyl (C=O) groups is 2. The van der Waals surface area contributed by atoms with E-state index in [2.05, 4.69) is 24.5 Å². The summed E-state index contributed by atoms with van der Waals surface area (Å²) in [6, 6.07) is 8.31. The van der Waals surface area contributed by atoms with E-state index in [-0.39, 0.29) is 12.4 Å². The van der Waals surface area contributed by atoms with Crippen LogP contribution in [0.3, 0.4) is 0 Å². The zero-order valence-corrected chi connectivity index (χ0v) is 15.8. The van der Waals surface area contributed by atoms with Crippen molar-refractivity contribution >= 4 is 17.8 Å². The molecule has 0 aliphatic heterocycles. The van der Waals surface area contributed by atoms with Crippen LogP contribution in [0, 0.1) is 27.7 Å². The highest BCUT2D eigenvalue weighted by Crippen LogP contribution is 2.38. The molecule has 0 bridgehead atoms. The minimum absolute atomic E-state index is 0.184. The Kier molecular flexibility index (Phi) is 5.12. The average molecular weight is 351 g/mol. The van der Waals surface area contributed by atoms with Crippen molar-refractivity contribution in [1.82, 2.24) is 4.57 Å². The Balaban J connectivity index is 1.59. The molecule has 1 aromatic heterocycles. The summed E-state index contributed by atoms with van der Waals surface area (Å²) in [6.45, 7) is 7.78. The number of aryl methyl sites for hydroxylation is 3. The molecule has 4 nitrogen and oxygen atoms in total. The Morgan fingerprint density at radius 3 is 2.54 bits per heavy atom. The SMILES string of the molecule is Cc1ccc(C(=O)COC(=O)/C=C/c2cc(C)n(C3CC3)c2C)c(C)c1. The van der Waals surface area contributed by atoms with Crippen molar-refractivity contribution in [2.24, 2.45) is 0 Å². The second-order valence-electron chi connectivity index (χ2n) is 7.11. The standard InChI is InChI=1S/C22H25NO3/c1-14-5-9-20(15(2)11-14)21(24)13-26-22(25)10-6-18-12-16(3)23(17(18)4)19-7-8-19/h5-6,9-12,19H,7-8,13H2,1-4H3/b10-6+. The summed E-state index contributed by atoms with van der Waals surface area (Å²) in [5.41, 5.74) is 5.99. The van der Waals surface area contributed by atoms with Crippen LogP contribution < -0.4 is 0 Å². The molecular weight excluding hydrogens is 326 g/mol. The second kappa shape index (κ2) is 7.32.